The van der Waals surface area contributed by atoms with Crippen LogP contribution in [0.5, 0.6) is 0 Å². The van der Waals surface area contributed by atoms with Gasteiger partial charge in [-0.3, -0.25) is 0 Å². The van der Waals surface area contributed by atoms with Gasteiger partial charge in [0.2, 0.25) is 0 Å². The summed E-state index contributed by atoms with van der Waals surface area (Å²) < 4.78 is 37.4. The number of hydrogen-bond acceptors (Lipinski definition) is 1. The first-order valence-electron chi connectivity index (χ1n) is 3.92. The third-order valence-corrected chi connectivity index (χ3v) is 1.89. The zero-order valence-corrected chi connectivity index (χ0v) is 7.97. The van der Waals surface area contributed by atoms with E-state index >= 15 is 0 Å². The van der Waals surface area contributed by atoms with Crippen LogP contribution < -0.4 is 18.9 Å². The number of para-hydroxylation sites is 1. The molecule has 0 N–H and O–H groups in total. The number of pyridine rings is 1. The number of hydrogen-bond donors (Lipinski definition) is 0. The van der Waals surface area contributed by atoms with Crippen molar-refractivity contribution in [2.45, 2.75) is 6.18 Å². The van der Waals surface area contributed by atoms with Gasteiger partial charge in [0.1, 0.15) is 0 Å². The zero-order chi connectivity index (χ0) is 10.2. The predicted molar refractivity (Wildman–Crippen MR) is 45.6 cm³/mol. The molecule has 1 heterocycles. The Bertz CT molecular complexity index is 462. The molecule has 0 saturated heterocycles. The monoisotopic (exact) mass is 203 g/mol. The van der Waals surface area contributed by atoms with E-state index in [4.69, 9.17) is 0 Å². The minimum Gasteiger partial charge on any atom is -0.386 e. The topological polar surface area (TPSA) is 12.9 Å². The molecule has 0 fully saturated rings. The first-order valence-corrected chi connectivity index (χ1v) is 3.92. The van der Waals surface area contributed by atoms with Crippen LogP contribution in [0.1, 0.15) is 5.56 Å². The minimum atomic E-state index is -4.35. The number of halogens is 3. The molecule has 2 aromatic rings. The van der Waals surface area contributed by atoms with Gasteiger partial charge in [-0.15, -0.1) is 6.07 Å². The zero-order valence-electron chi connectivity index (χ0n) is 7.97. The number of aromatic nitrogens is 1. The molecular formula is C10H5F3LiN. The molecule has 0 bridgehead atoms. The Labute approximate surface area is 96.5 Å². The van der Waals surface area contributed by atoms with Crippen molar-refractivity contribution in [2.75, 3.05) is 0 Å². The Morgan fingerprint density at radius 3 is 2.47 bits per heavy atom. The van der Waals surface area contributed by atoms with E-state index in [9.17, 15) is 13.2 Å². The van der Waals surface area contributed by atoms with Gasteiger partial charge in [-0.1, -0.05) is 35.8 Å². The molecule has 15 heavy (non-hydrogen) atoms. The van der Waals surface area contributed by atoms with E-state index < -0.39 is 11.7 Å². The van der Waals surface area contributed by atoms with Crippen molar-refractivity contribution in [3.8, 4) is 0 Å². The summed E-state index contributed by atoms with van der Waals surface area (Å²) in [5.41, 5.74) is -0.384. The Hall–Kier alpha value is -0.983. The first-order chi connectivity index (χ1) is 6.59. The maximum Gasteiger partial charge on any atom is 1.00 e. The van der Waals surface area contributed by atoms with Crippen LogP contribution in [0.25, 0.3) is 10.9 Å². The van der Waals surface area contributed by atoms with Crippen molar-refractivity contribution in [3.05, 3.63) is 42.1 Å². The molecule has 5 heteroatoms. The first kappa shape index (κ1) is 12.1. The maximum atomic E-state index is 12.5. The van der Waals surface area contributed by atoms with E-state index in [0.29, 0.717) is 5.52 Å². The molecule has 0 saturated carbocycles. The molecule has 0 radical (unpaired) electrons. The van der Waals surface area contributed by atoms with E-state index in [1.54, 1.807) is 12.1 Å². The van der Waals surface area contributed by atoms with Crippen LogP contribution in [0.3, 0.4) is 0 Å². The number of fused-ring (bicyclic) bond motifs is 1. The van der Waals surface area contributed by atoms with Crippen LogP contribution in [-0.2, 0) is 6.18 Å². The van der Waals surface area contributed by atoms with E-state index in [-0.39, 0.29) is 24.2 Å². The number of rotatable bonds is 0. The van der Waals surface area contributed by atoms with Crippen LogP contribution in [0.4, 0.5) is 13.2 Å². The molecule has 0 aliphatic carbocycles. The van der Waals surface area contributed by atoms with Crippen LogP contribution in [0, 0.1) is 6.20 Å². The van der Waals surface area contributed by atoms with Gasteiger partial charge in [0, 0.05) is 0 Å². The summed E-state index contributed by atoms with van der Waals surface area (Å²) in [4.78, 5) is 3.73. The van der Waals surface area contributed by atoms with Crippen LogP contribution in [0.15, 0.2) is 30.3 Å². The second-order valence-electron chi connectivity index (χ2n) is 2.81. The summed E-state index contributed by atoms with van der Waals surface area (Å²) in [6, 6.07) is 6.99. The minimum absolute atomic E-state index is 0. The summed E-state index contributed by atoms with van der Waals surface area (Å²) in [7, 11) is 0. The van der Waals surface area contributed by atoms with E-state index in [0.717, 1.165) is 6.07 Å². The average Bonchev–Trinajstić information content (AvgIpc) is 2.15. The normalized spacial score (nSPS) is 11.1. The quantitative estimate of drug-likeness (QED) is 0.435. The second kappa shape index (κ2) is 4.26. The maximum absolute atomic E-state index is 12.5. The molecular weight excluding hydrogens is 198 g/mol. The van der Waals surface area contributed by atoms with Crippen molar-refractivity contribution in [1.29, 1.82) is 0 Å². The Morgan fingerprint density at radius 1 is 1.13 bits per heavy atom. The van der Waals surface area contributed by atoms with Crippen LogP contribution in [0.2, 0.25) is 0 Å². The van der Waals surface area contributed by atoms with E-state index in [1.165, 1.54) is 12.1 Å². The molecule has 1 nitrogen and oxygen atoms in total. The van der Waals surface area contributed by atoms with Crippen molar-refractivity contribution < 1.29 is 32.0 Å². The summed E-state index contributed by atoms with van der Waals surface area (Å²) >= 11 is 0. The standard InChI is InChI=1S/C10H5F3N.Li/c11-10(12,13)8-5-6-14-9-4-2-1-3-7(8)9;/h1-5H;/q-1;+1. The molecule has 0 amide bonds. The molecule has 0 aliphatic rings. The molecule has 1 aromatic heterocycles. The fourth-order valence-corrected chi connectivity index (χ4v) is 1.28. The largest absolute Gasteiger partial charge is 1.00 e. The number of alkyl halides is 3. The van der Waals surface area contributed by atoms with Crippen molar-refractivity contribution >= 4 is 10.9 Å². The molecule has 0 unspecified atom stereocenters. The van der Waals surface area contributed by atoms with Crippen molar-refractivity contribution in [1.82, 2.24) is 4.98 Å². The summed E-state index contributed by atoms with van der Waals surface area (Å²) in [6.07, 6.45) is -2.11. The van der Waals surface area contributed by atoms with Crippen molar-refractivity contribution in [2.24, 2.45) is 0 Å². The summed E-state index contributed by atoms with van der Waals surface area (Å²) in [6.45, 7) is 0. The van der Waals surface area contributed by atoms with Gasteiger partial charge in [-0.25, -0.2) is 0 Å². The van der Waals surface area contributed by atoms with Gasteiger partial charge in [0.25, 0.3) is 0 Å². The Balaban J connectivity index is 0.00000112. The number of benzene rings is 1. The van der Waals surface area contributed by atoms with E-state index in [1.807, 2.05) is 0 Å². The van der Waals surface area contributed by atoms with Gasteiger partial charge in [-0.05, 0) is 11.1 Å². The van der Waals surface area contributed by atoms with Gasteiger partial charge < -0.3 is 4.98 Å². The molecule has 0 spiro atoms. The molecule has 1 aromatic carbocycles. The SMILES string of the molecule is FC(F)(F)c1c[c-]nc2ccccc12.[Li+]. The Morgan fingerprint density at radius 2 is 1.80 bits per heavy atom. The summed E-state index contributed by atoms with van der Waals surface area (Å²) in [5.74, 6) is 0. The fraction of sp³-hybridized carbons (Fsp3) is 0.100. The summed E-state index contributed by atoms with van der Waals surface area (Å²) in [5, 5.41) is 0.110. The van der Waals surface area contributed by atoms with Gasteiger partial charge in [0.15, 0.2) is 0 Å². The molecule has 0 aliphatic heterocycles. The van der Waals surface area contributed by atoms with Gasteiger partial charge in [-0.2, -0.15) is 13.2 Å². The Kier molecular flexibility index (Phi) is 3.43. The van der Waals surface area contributed by atoms with Gasteiger partial charge in [0.05, 0.1) is 0 Å². The number of nitrogens with zero attached hydrogens (tertiary/aromatic N) is 1. The molecule has 0 atom stereocenters. The predicted octanol–water partition coefficient (Wildman–Crippen LogP) is 0.0578. The smallest absolute Gasteiger partial charge is 0.386 e. The third kappa shape index (κ3) is 2.33. The fourth-order valence-electron chi connectivity index (χ4n) is 1.28. The van der Waals surface area contributed by atoms with Gasteiger partial charge >= 0.3 is 25.0 Å². The molecule has 2 rings (SSSR count). The average molecular weight is 203 g/mol. The second-order valence-corrected chi connectivity index (χ2v) is 2.81. The van der Waals surface area contributed by atoms with Crippen LogP contribution >= 0.6 is 0 Å². The third-order valence-electron chi connectivity index (χ3n) is 1.89. The van der Waals surface area contributed by atoms with Crippen molar-refractivity contribution in [3.63, 3.8) is 0 Å². The molecule has 72 valence electrons. The van der Waals surface area contributed by atoms with Crippen LogP contribution in [-0.4, -0.2) is 4.98 Å². The van der Waals surface area contributed by atoms with E-state index in [2.05, 4.69) is 11.2 Å².